The lowest BCUT2D eigenvalue weighted by atomic mass is 10.1. The van der Waals surface area contributed by atoms with E-state index in [4.69, 9.17) is 5.73 Å². The molecular formula is C21H22N4O7S2. The van der Waals surface area contributed by atoms with Crippen LogP contribution in [0.2, 0.25) is 0 Å². The second kappa shape index (κ2) is 9.37. The number of nitrogens with zero attached hydrogens (tertiary/aromatic N) is 3. The van der Waals surface area contributed by atoms with Crippen molar-refractivity contribution in [1.82, 2.24) is 4.57 Å². The van der Waals surface area contributed by atoms with Gasteiger partial charge in [-0.15, -0.1) is 5.11 Å². The van der Waals surface area contributed by atoms with Crippen LogP contribution in [-0.4, -0.2) is 31.1 Å². The Morgan fingerprint density at radius 2 is 1.47 bits per heavy atom. The molecule has 1 heterocycles. The number of sulfone groups is 1. The third kappa shape index (κ3) is 5.16. The molecule has 1 aromatic heterocycles. The molecule has 34 heavy (non-hydrogen) atoms. The number of benzene rings is 2. The predicted octanol–water partition coefficient (Wildman–Crippen LogP) is 3.10. The summed E-state index contributed by atoms with van der Waals surface area (Å²) in [5, 5.41) is 18.2. The number of rotatable bonds is 7. The fourth-order valence-corrected chi connectivity index (χ4v) is 5.18. The number of anilines is 1. The molecule has 0 amide bonds. The van der Waals surface area contributed by atoms with Crippen molar-refractivity contribution in [1.29, 1.82) is 0 Å². The Morgan fingerprint density at radius 3 is 1.97 bits per heavy atom. The van der Waals surface area contributed by atoms with Crippen molar-refractivity contribution in [2.75, 3.05) is 5.73 Å². The summed E-state index contributed by atoms with van der Waals surface area (Å²) in [6.45, 7) is 2.96. The van der Waals surface area contributed by atoms with Gasteiger partial charge in [0.1, 0.15) is 5.75 Å². The molecule has 0 spiro atoms. The molecule has 0 aliphatic heterocycles. The van der Waals surface area contributed by atoms with E-state index < -0.39 is 37.1 Å². The van der Waals surface area contributed by atoms with Crippen molar-refractivity contribution in [3.63, 3.8) is 0 Å². The molecule has 3 aromatic rings. The van der Waals surface area contributed by atoms with E-state index in [9.17, 15) is 31.3 Å². The number of nitrogens with two attached hydrogens (primary N) is 1. The first kappa shape index (κ1) is 25.1. The Morgan fingerprint density at radius 1 is 0.941 bits per heavy atom. The Labute approximate surface area is 195 Å². The summed E-state index contributed by atoms with van der Waals surface area (Å²) in [4.78, 5) is 12.8. The summed E-state index contributed by atoms with van der Waals surface area (Å²) < 4.78 is 58.3. The maximum atomic E-state index is 12.7. The average molecular weight is 507 g/mol. The van der Waals surface area contributed by atoms with Gasteiger partial charge in [0.05, 0.1) is 15.5 Å². The third-order valence-electron chi connectivity index (χ3n) is 5.03. The van der Waals surface area contributed by atoms with Crippen LogP contribution in [0.3, 0.4) is 0 Å². The lowest BCUT2D eigenvalue weighted by Gasteiger charge is -2.14. The normalized spacial score (nSPS) is 12.3. The second-order valence-corrected chi connectivity index (χ2v) is 10.7. The monoisotopic (exact) mass is 506 g/mol. The van der Waals surface area contributed by atoms with Gasteiger partial charge in [0, 0.05) is 17.8 Å². The van der Waals surface area contributed by atoms with Gasteiger partial charge in [-0.05, 0) is 67.9 Å². The van der Waals surface area contributed by atoms with Crippen LogP contribution in [0.1, 0.15) is 18.1 Å². The lowest BCUT2D eigenvalue weighted by Crippen LogP contribution is -2.22. The molecule has 13 heteroatoms. The predicted molar refractivity (Wildman–Crippen MR) is 125 cm³/mol. The topological polar surface area (TPSA) is 181 Å². The lowest BCUT2D eigenvalue weighted by molar-refractivity contribution is 0.403. The number of nitrogen functional groups attached to an aromatic ring is 1. The molecule has 0 aliphatic rings. The zero-order valence-electron chi connectivity index (χ0n) is 18.2. The highest BCUT2D eigenvalue weighted by atomic mass is 32.2. The molecule has 11 nitrogen and oxygen atoms in total. The zero-order valence-corrected chi connectivity index (χ0v) is 19.8. The molecule has 0 saturated heterocycles. The smallest absolute Gasteiger partial charge is 0.281 e. The number of azo groups is 1. The molecule has 0 unspecified atom stereocenters. The number of hydrogen-bond donors (Lipinski definition) is 3. The standard InChI is InChI=1S/C21H22N4O7S2/c1-3-25-20(26)18(12-33(28,29)30)13(2)19(21(25)27)24-23-15-6-10-17(11-7-15)34(31,32)16-8-4-14(22)5-9-16/h4-11,26H,3,12,22H2,1-2H3,(H,28,29,30). The Kier molecular flexibility index (Phi) is 6.91. The van der Waals surface area contributed by atoms with E-state index in [0.29, 0.717) is 5.69 Å². The van der Waals surface area contributed by atoms with Crippen molar-refractivity contribution in [2.45, 2.75) is 35.9 Å². The van der Waals surface area contributed by atoms with Crippen LogP contribution in [0.15, 0.2) is 73.3 Å². The molecular weight excluding hydrogens is 484 g/mol. The fraction of sp³-hybridized carbons (Fsp3) is 0.190. The van der Waals surface area contributed by atoms with Crippen LogP contribution in [0.25, 0.3) is 0 Å². The van der Waals surface area contributed by atoms with Crippen molar-refractivity contribution < 1.29 is 26.5 Å². The SMILES string of the molecule is CCn1c(O)c(CS(=O)(=O)O)c(C)c(N=Nc2ccc(S(=O)(=O)c3ccc(N)cc3)cc2)c1=O. The van der Waals surface area contributed by atoms with E-state index in [0.717, 1.165) is 4.57 Å². The summed E-state index contributed by atoms with van der Waals surface area (Å²) in [5.74, 6) is -1.50. The van der Waals surface area contributed by atoms with E-state index >= 15 is 0 Å². The quantitative estimate of drug-likeness (QED) is 0.248. The van der Waals surface area contributed by atoms with Gasteiger partial charge in [-0.25, -0.2) is 8.42 Å². The largest absolute Gasteiger partial charge is 0.494 e. The molecule has 2 aromatic carbocycles. The number of aromatic nitrogens is 1. The van der Waals surface area contributed by atoms with Gasteiger partial charge in [-0.2, -0.15) is 13.5 Å². The van der Waals surface area contributed by atoms with Gasteiger partial charge in [-0.3, -0.25) is 13.9 Å². The summed E-state index contributed by atoms with van der Waals surface area (Å²) in [5.41, 5.74) is 5.18. The van der Waals surface area contributed by atoms with Crippen LogP contribution in [0.5, 0.6) is 5.88 Å². The van der Waals surface area contributed by atoms with Crippen molar-refractivity contribution in [3.8, 4) is 5.88 Å². The van der Waals surface area contributed by atoms with E-state index in [1.54, 1.807) is 6.92 Å². The second-order valence-electron chi connectivity index (χ2n) is 7.32. The highest BCUT2D eigenvalue weighted by Gasteiger charge is 2.22. The molecule has 4 N–H and O–H groups in total. The summed E-state index contributed by atoms with van der Waals surface area (Å²) in [6.07, 6.45) is 0. The zero-order chi connectivity index (χ0) is 25.3. The van der Waals surface area contributed by atoms with Gasteiger partial charge in [0.15, 0.2) is 11.6 Å². The first-order chi connectivity index (χ1) is 15.8. The van der Waals surface area contributed by atoms with Crippen LogP contribution in [0.4, 0.5) is 17.1 Å². The summed E-state index contributed by atoms with van der Waals surface area (Å²) in [6, 6.07) is 11.2. The van der Waals surface area contributed by atoms with E-state index in [1.165, 1.54) is 55.5 Å². The molecule has 0 radical (unpaired) electrons. The molecule has 0 atom stereocenters. The van der Waals surface area contributed by atoms with Crippen LogP contribution in [0, 0.1) is 6.92 Å². The highest BCUT2D eigenvalue weighted by molar-refractivity contribution is 7.91. The Hall–Kier alpha value is -3.55. The number of aromatic hydroxyl groups is 1. The van der Waals surface area contributed by atoms with Gasteiger partial charge >= 0.3 is 0 Å². The van der Waals surface area contributed by atoms with Gasteiger partial charge in [-0.1, -0.05) is 0 Å². The minimum atomic E-state index is -4.50. The maximum Gasteiger partial charge on any atom is 0.281 e. The highest BCUT2D eigenvalue weighted by Crippen LogP contribution is 2.29. The van der Waals surface area contributed by atoms with Crippen LogP contribution in [-0.2, 0) is 32.3 Å². The fourth-order valence-electron chi connectivity index (χ4n) is 3.21. The molecule has 0 bridgehead atoms. The van der Waals surface area contributed by atoms with Gasteiger partial charge < -0.3 is 10.8 Å². The maximum absolute atomic E-state index is 12.7. The molecule has 180 valence electrons. The van der Waals surface area contributed by atoms with E-state index in [-0.39, 0.29) is 38.8 Å². The Bertz CT molecular complexity index is 1530. The first-order valence-corrected chi connectivity index (χ1v) is 13.0. The summed E-state index contributed by atoms with van der Waals surface area (Å²) in [7, 11) is -8.28. The van der Waals surface area contributed by atoms with E-state index in [1.807, 2.05) is 0 Å². The van der Waals surface area contributed by atoms with Crippen molar-refractivity contribution >= 4 is 37.0 Å². The first-order valence-electron chi connectivity index (χ1n) is 9.88. The minimum absolute atomic E-state index is 0.0146. The molecule has 0 aliphatic carbocycles. The molecule has 0 fully saturated rings. The molecule has 0 saturated carbocycles. The van der Waals surface area contributed by atoms with Gasteiger partial charge in [0.25, 0.3) is 15.7 Å². The minimum Gasteiger partial charge on any atom is -0.494 e. The van der Waals surface area contributed by atoms with Crippen LogP contribution < -0.4 is 11.3 Å². The van der Waals surface area contributed by atoms with Crippen LogP contribution >= 0.6 is 0 Å². The van der Waals surface area contributed by atoms with Gasteiger partial charge in [0.2, 0.25) is 9.84 Å². The summed E-state index contributed by atoms with van der Waals surface area (Å²) >= 11 is 0. The number of hydrogen-bond acceptors (Lipinski definition) is 9. The Balaban J connectivity index is 1.99. The molecule has 3 rings (SSSR count). The number of pyridine rings is 1. The third-order valence-corrected chi connectivity index (χ3v) is 7.47. The average Bonchev–Trinajstić information content (AvgIpc) is 2.77. The van der Waals surface area contributed by atoms with Crippen molar-refractivity contribution in [3.05, 3.63) is 70.0 Å². The van der Waals surface area contributed by atoms with Crippen molar-refractivity contribution in [2.24, 2.45) is 10.2 Å². The van der Waals surface area contributed by atoms with E-state index in [2.05, 4.69) is 10.2 Å².